The molecule has 0 aliphatic heterocycles. The number of hydrogen-bond acceptors (Lipinski definition) is 7. The average molecular weight is 405 g/mol. The van der Waals surface area contributed by atoms with Crippen LogP contribution in [0, 0.1) is 6.92 Å². The summed E-state index contributed by atoms with van der Waals surface area (Å²) in [6.07, 6.45) is -0.309. The van der Waals surface area contributed by atoms with E-state index in [0.717, 1.165) is 5.69 Å². The van der Waals surface area contributed by atoms with Crippen LogP contribution < -0.4 is 15.4 Å². The molecule has 3 aromatic rings. The minimum absolute atomic E-state index is 0.0994. The predicted molar refractivity (Wildman–Crippen MR) is 106 cm³/mol. The van der Waals surface area contributed by atoms with E-state index in [1.807, 2.05) is 24.4 Å². The fourth-order valence-electron chi connectivity index (χ4n) is 2.77. The molecule has 3 rings (SSSR count). The summed E-state index contributed by atoms with van der Waals surface area (Å²) >= 11 is 5.99. The number of nitrogens with zero attached hydrogens (tertiary/aromatic N) is 5. The van der Waals surface area contributed by atoms with E-state index in [4.69, 9.17) is 20.5 Å². The van der Waals surface area contributed by atoms with Crippen molar-refractivity contribution < 1.29 is 13.6 Å². The minimum atomic E-state index is -2.60. The molecule has 0 saturated heterocycles. The number of anilines is 2. The molecule has 28 heavy (non-hydrogen) atoms. The fraction of sp³-hybridized carbons (Fsp3) is 0.278. The summed E-state index contributed by atoms with van der Waals surface area (Å²) in [5.74, 6) is -0.229. The molecule has 0 saturated carbocycles. The predicted octanol–water partition coefficient (Wildman–Crippen LogP) is 2.27. The molecule has 2 aromatic heterocycles. The maximum absolute atomic E-state index is 12.1. The number of halogens is 1. The lowest BCUT2D eigenvalue weighted by atomic mass is 10.1. The molecule has 10 heteroatoms. The van der Waals surface area contributed by atoms with Gasteiger partial charge in [-0.2, -0.15) is 20.1 Å². The number of likely N-dealkylation sites (N-methyl/N-ethyl adjacent to an activating group) is 1. The number of ether oxygens (including phenoxy) is 1. The molecule has 0 fully saturated rings. The van der Waals surface area contributed by atoms with Crippen LogP contribution in [-0.2, 0) is 18.3 Å². The number of rotatable bonds is 6. The summed E-state index contributed by atoms with van der Waals surface area (Å²) in [5.41, 5.74) is 3.26. The minimum Gasteiger partial charge on any atom is -0.494 e. The van der Waals surface area contributed by atoms with Crippen molar-refractivity contribution in [3.8, 4) is 17.0 Å². The Morgan fingerprint density at radius 1 is 1.32 bits per heavy atom. The maximum atomic E-state index is 12.1. The highest BCUT2D eigenvalue weighted by atomic mass is 35.5. The molecule has 0 aliphatic rings. The van der Waals surface area contributed by atoms with E-state index in [0.29, 0.717) is 28.4 Å². The van der Waals surface area contributed by atoms with Crippen LogP contribution in [0.1, 0.15) is 15.5 Å². The molecule has 0 spiro atoms. The molecule has 146 valence electrons. The summed E-state index contributed by atoms with van der Waals surface area (Å²) < 4.78 is 27.1. The van der Waals surface area contributed by atoms with Crippen molar-refractivity contribution in [1.29, 1.82) is 0 Å². The highest BCUT2D eigenvalue weighted by molar-refractivity contribution is 6.29. The molecule has 0 aliphatic carbocycles. The Morgan fingerprint density at radius 3 is 2.82 bits per heavy atom. The molecule has 1 aromatic carbocycles. The van der Waals surface area contributed by atoms with E-state index >= 15 is 0 Å². The molecule has 2 N–H and O–H groups in total. The van der Waals surface area contributed by atoms with E-state index < -0.39 is 12.9 Å². The number of hydrogen-bond donors (Lipinski definition) is 2. The van der Waals surface area contributed by atoms with Gasteiger partial charge in [-0.3, -0.25) is 4.79 Å². The van der Waals surface area contributed by atoms with Crippen LogP contribution in [0.2, 0.25) is 5.15 Å². The van der Waals surface area contributed by atoms with Crippen LogP contribution >= 0.6 is 11.6 Å². The van der Waals surface area contributed by atoms with Gasteiger partial charge in [-0.05, 0) is 19.1 Å². The van der Waals surface area contributed by atoms with Crippen LogP contribution in [0.25, 0.3) is 11.3 Å². The lowest BCUT2D eigenvalue weighted by Crippen LogP contribution is -2.21. The Hall–Kier alpha value is -3.20. The van der Waals surface area contributed by atoms with Crippen LogP contribution in [0.3, 0.4) is 0 Å². The van der Waals surface area contributed by atoms with Gasteiger partial charge in [0, 0.05) is 29.8 Å². The standard InChI is InChI=1S/C18H20ClN7O2/c1-10-17(25-26(3)24-10)11-6-5-7-12(18(11)28-4)21-13-8-15(19)23-22-14(13)9-16(27)20-2/h5-8H,9H2,1-4H3,(H,20,27)(H,21,23)/i2D3. The van der Waals surface area contributed by atoms with E-state index in [1.165, 1.54) is 18.0 Å². The second-order valence-corrected chi connectivity index (χ2v) is 6.27. The van der Waals surface area contributed by atoms with Gasteiger partial charge in [-0.15, -0.1) is 5.10 Å². The van der Waals surface area contributed by atoms with E-state index in [-0.39, 0.29) is 17.3 Å². The number of aryl methyl sites for hydroxylation is 2. The Labute approximate surface area is 171 Å². The zero-order valence-electron chi connectivity index (χ0n) is 18.4. The number of carbonyl (C=O) groups is 1. The van der Waals surface area contributed by atoms with Gasteiger partial charge >= 0.3 is 0 Å². The molecule has 0 radical (unpaired) electrons. The second kappa shape index (κ2) is 8.22. The first-order valence-electron chi connectivity index (χ1n) is 9.73. The SMILES string of the molecule is [2H]C([2H])([2H])NC(=O)Cc1nnc(Cl)cc1Nc1cccc(-c2nn(C)nc2C)c1OC. The third-order valence-electron chi connectivity index (χ3n) is 3.93. The van der Waals surface area contributed by atoms with Gasteiger partial charge < -0.3 is 15.4 Å². The lowest BCUT2D eigenvalue weighted by molar-refractivity contribution is -0.120. The van der Waals surface area contributed by atoms with Crippen LogP contribution in [0.5, 0.6) is 5.75 Å². The van der Waals surface area contributed by atoms with Gasteiger partial charge in [0.1, 0.15) is 5.69 Å². The third kappa shape index (κ3) is 4.04. The normalized spacial score (nSPS) is 12.6. The molecule has 0 unspecified atom stereocenters. The number of carbonyl (C=O) groups excluding carboxylic acids is 1. The van der Waals surface area contributed by atoms with Crippen molar-refractivity contribution >= 4 is 28.9 Å². The summed E-state index contributed by atoms with van der Waals surface area (Å²) in [6, 6.07) is 6.93. The number of benzene rings is 1. The van der Waals surface area contributed by atoms with Crippen molar-refractivity contribution in [2.24, 2.45) is 7.05 Å². The zero-order valence-corrected chi connectivity index (χ0v) is 16.2. The number of amides is 1. The van der Waals surface area contributed by atoms with Crippen LogP contribution in [0.15, 0.2) is 24.3 Å². The monoisotopic (exact) mass is 404 g/mol. The number of methoxy groups -OCH3 is 1. The fourth-order valence-corrected chi connectivity index (χ4v) is 2.91. The molecular weight excluding hydrogens is 382 g/mol. The van der Waals surface area contributed by atoms with Crippen molar-refractivity contribution in [2.45, 2.75) is 13.3 Å². The second-order valence-electron chi connectivity index (χ2n) is 5.89. The van der Waals surface area contributed by atoms with Crippen molar-refractivity contribution in [3.05, 3.63) is 40.8 Å². The van der Waals surface area contributed by atoms with Gasteiger partial charge in [0.25, 0.3) is 0 Å². The molecule has 2 heterocycles. The van der Waals surface area contributed by atoms with Crippen molar-refractivity contribution in [3.63, 3.8) is 0 Å². The average Bonchev–Trinajstić information content (AvgIpc) is 3.00. The zero-order chi connectivity index (χ0) is 22.8. The van der Waals surface area contributed by atoms with Gasteiger partial charge in [-0.25, -0.2) is 0 Å². The Kier molecular flexibility index (Phi) is 4.64. The molecule has 0 bridgehead atoms. The molecular formula is C18H20ClN7O2. The van der Waals surface area contributed by atoms with Gasteiger partial charge in [-0.1, -0.05) is 17.7 Å². The quantitative estimate of drug-likeness (QED) is 0.648. The maximum Gasteiger partial charge on any atom is 0.225 e. The summed E-state index contributed by atoms with van der Waals surface area (Å²) in [7, 11) is 3.25. The summed E-state index contributed by atoms with van der Waals surface area (Å²) in [4.78, 5) is 13.5. The molecule has 0 atom stereocenters. The van der Waals surface area contributed by atoms with E-state index in [9.17, 15) is 4.79 Å². The Balaban J connectivity index is 1.97. The van der Waals surface area contributed by atoms with Gasteiger partial charge in [0.05, 0.1) is 36.3 Å². The van der Waals surface area contributed by atoms with E-state index in [1.54, 1.807) is 13.1 Å². The molecule has 9 nitrogen and oxygen atoms in total. The largest absolute Gasteiger partial charge is 0.494 e. The first kappa shape index (κ1) is 15.8. The smallest absolute Gasteiger partial charge is 0.225 e. The van der Waals surface area contributed by atoms with Crippen LogP contribution in [0.4, 0.5) is 11.4 Å². The lowest BCUT2D eigenvalue weighted by Gasteiger charge is -2.16. The van der Waals surface area contributed by atoms with Crippen molar-refractivity contribution in [1.82, 2.24) is 30.5 Å². The van der Waals surface area contributed by atoms with Gasteiger partial charge in [0.15, 0.2) is 10.9 Å². The highest BCUT2D eigenvalue weighted by Crippen LogP contribution is 2.38. The Bertz CT molecular complexity index is 1120. The number of aromatic nitrogens is 5. The summed E-state index contributed by atoms with van der Waals surface area (Å²) in [6.45, 7) is -0.757. The first-order valence-corrected chi connectivity index (χ1v) is 8.60. The Morgan fingerprint density at radius 2 is 2.14 bits per heavy atom. The number of nitrogens with one attached hydrogen (secondary N) is 2. The van der Waals surface area contributed by atoms with Gasteiger partial charge in [0.2, 0.25) is 5.91 Å². The number of para-hydroxylation sites is 1. The highest BCUT2D eigenvalue weighted by Gasteiger charge is 2.18. The topological polar surface area (TPSA) is 107 Å². The molecule has 1 amide bonds. The third-order valence-corrected chi connectivity index (χ3v) is 4.12. The summed E-state index contributed by atoms with van der Waals surface area (Å²) in [5, 5.41) is 21.5. The van der Waals surface area contributed by atoms with Crippen molar-refractivity contribution in [2.75, 3.05) is 19.4 Å². The van der Waals surface area contributed by atoms with E-state index in [2.05, 4.69) is 25.7 Å². The van der Waals surface area contributed by atoms with Crippen LogP contribution in [-0.4, -0.2) is 45.2 Å². The first-order chi connectivity index (χ1) is 14.6.